The molecule has 9 aromatic carbocycles. The largest absolute Gasteiger partial charge is 0.309 e. The summed E-state index contributed by atoms with van der Waals surface area (Å²) in [6, 6.07) is 83.7. The van der Waals surface area contributed by atoms with E-state index in [9.17, 15) is 0 Å². The molecule has 4 heterocycles. The minimum atomic E-state index is -2.97. The van der Waals surface area contributed by atoms with Crippen molar-refractivity contribution in [2.75, 3.05) is 0 Å². The zero-order chi connectivity index (χ0) is 41.5. The molecule has 0 fully saturated rings. The number of para-hydroxylation sites is 4. The van der Waals surface area contributed by atoms with Crippen LogP contribution in [0.3, 0.4) is 0 Å². The summed E-state index contributed by atoms with van der Waals surface area (Å²) < 4.78 is 4.89. The van der Waals surface area contributed by atoms with Crippen molar-refractivity contribution < 1.29 is 0 Å². The van der Waals surface area contributed by atoms with Crippen LogP contribution in [0.15, 0.2) is 231 Å². The molecule has 0 N–H and O–H groups in total. The van der Waals surface area contributed by atoms with E-state index in [1.807, 2.05) is 0 Å². The maximum Gasteiger partial charge on any atom is 0.203 e. The van der Waals surface area contributed by atoms with Crippen molar-refractivity contribution in [3.8, 4) is 45.1 Å². The van der Waals surface area contributed by atoms with E-state index in [4.69, 9.17) is 9.97 Å². The van der Waals surface area contributed by atoms with Gasteiger partial charge in [-0.25, -0.2) is 9.97 Å². The summed E-state index contributed by atoms with van der Waals surface area (Å²) in [5.41, 5.74) is 12.2. The molecular formula is C58H38N4Si. The van der Waals surface area contributed by atoms with Crippen LogP contribution in [0.2, 0.25) is 0 Å². The summed E-state index contributed by atoms with van der Waals surface area (Å²) in [7, 11) is -2.97. The zero-order valence-corrected chi connectivity index (χ0v) is 35.2. The second-order valence-electron chi connectivity index (χ2n) is 16.4. The van der Waals surface area contributed by atoms with Gasteiger partial charge in [0, 0.05) is 43.9 Å². The van der Waals surface area contributed by atoms with Crippen LogP contribution in [0, 0.1) is 0 Å². The Morgan fingerprint density at radius 1 is 0.365 bits per heavy atom. The average molecular weight is 819 g/mol. The molecular weight excluding hydrogens is 781 g/mol. The first-order valence-electron chi connectivity index (χ1n) is 21.6. The third kappa shape index (κ3) is 5.08. The molecule has 0 amide bonds. The van der Waals surface area contributed by atoms with Gasteiger partial charge in [-0.2, -0.15) is 0 Å². The van der Waals surface area contributed by atoms with Gasteiger partial charge >= 0.3 is 0 Å². The second kappa shape index (κ2) is 14.0. The lowest BCUT2D eigenvalue weighted by atomic mass is 9.99. The highest BCUT2D eigenvalue weighted by Crippen LogP contribution is 2.45. The predicted octanol–water partition coefficient (Wildman–Crippen LogP) is 11.4. The van der Waals surface area contributed by atoms with Gasteiger partial charge in [0.05, 0.1) is 38.8 Å². The SMILES string of the molecule is c1ccc(-c2nc(-c3ccccc3-n3c4ccccc4c4c5c6ccccc6n(-c6ccccc6)c5ccc43)c3c(n2)[Si](c2ccccc2)(c2ccccc2)c2ccccc2-3)cc1. The topological polar surface area (TPSA) is 35.6 Å². The molecule has 13 rings (SSSR count). The molecule has 3 aromatic heterocycles. The molecule has 12 aromatic rings. The molecule has 0 saturated carbocycles. The highest BCUT2D eigenvalue weighted by molar-refractivity contribution is 7.21. The van der Waals surface area contributed by atoms with Crippen LogP contribution in [0.4, 0.5) is 0 Å². The first-order valence-corrected chi connectivity index (χ1v) is 23.6. The van der Waals surface area contributed by atoms with Crippen LogP contribution in [0.5, 0.6) is 0 Å². The molecule has 0 radical (unpaired) electrons. The summed E-state index contributed by atoms with van der Waals surface area (Å²) in [4.78, 5) is 11.4. The van der Waals surface area contributed by atoms with Gasteiger partial charge in [-0.15, -0.1) is 0 Å². The Morgan fingerprint density at radius 3 is 1.51 bits per heavy atom. The van der Waals surface area contributed by atoms with Crippen molar-refractivity contribution in [2.45, 2.75) is 0 Å². The van der Waals surface area contributed by atoms with Crippen molar-refractivity contribution in [3.63, 3.8) is 0 Å². The van der Waals surface area contributed by atoms with Gasteiger partial charge in [0.2, 0.25) is 8.07 Å². The summed E-state index contributed by atoms with van der Waals surface area (Å²) in [6.07, 6.45) is 0. The van der Waals surface area contributed by atoms with E-state index in [0.29, 0.717) is 0 Å². The molecule has 0 saturated heterocycles. The number of hydrogen-bond donors (Lipinski definition) is 0. The van der Waals surface area contributed by atoms with Crippen molar-refractivity contribution in [1.82, 2.24) is 19.1 Å². The fourth-order valence-electron chi connectivity index (χ4n) is 10.7. The van der Waals surface area contributed by atoms with Crippen LogP contribution in [0.1, 0.15) is 0 Å². The number of aromatic nitrogens is 4. The van der Waals surface area contributed by atoms with Crippen LogP contribution in [0.25, 0.3) is 88.8 Å². The Kier molecular flexibility index (Phi) is 7.89. The smallest absolute Gasteiger partial charge is 0.203 e. The fraction of sp³-hybridized carbons (Fsp3) is 0. The van der Waals surface area contributed by atoms with E-state index in [2.05, 4.69) is 240 Å². The van der Waals surface area contributed by atoms with Crippen molar-refractivity contribution >= 4 is 72.6 Å². The summed E-state index contributed by atoms with van der Waals surface area (Å²) >= 11 is 0. The fourth-order valence-corrected chi connectivity index (χ4v) is 15.7. The number of benzene rings is 9. The number of fused-ring (bicyclic) bond motifs is 10. The van der Waals surface area contributed by atoms with Crippen LogP contribution >= 0.6 is 0 Å². The van der Waals surface area contributed by atoms with Crippen molar-refractivity contribution in [1.29, 1.82) is 0 Å². The van der Waals surface area contributed by atoms with E-state index < -0.39 is 8.07 Å². The maximum atomic E-state index is 5.75. The van der Waals surface area contributed by atoms with Gasteiger partial charge in [0.25, 0.3) is 0 Å². The molecule has 1 aliphatic heterocycles. The zero-order valence-electron chi connectivity index (χ0n) is 34.2. The summed E-state index contributed by atoms with van der Waals surface area (Å²) in [6.45, 7) is 0. The molecule has 0 spiro atoms. The molecule has 0 atom stereocenters. The molecule has 5 heteroatoms. The highest BCUT2D eigenvalue weighted by Gasteiger charge is 2.51. The molecule has 0 unspecified atom stereocenters. The van der Waals surface area contributed by atoms with Gasteiger partial charge < -0.3 is 9.13 Å². The lowest BCUT2D eigenvalue weighted by molar-refractivity contribution is 1.16. The van der Waals surface area contributed by atoms with E-state index in [-0.39, 0.29) is 0 Å². The normalized spacial score (nSPS) is 12.9. The standard InChI is InChI=1S/C58H38N4Si/c1-5-21-39(22-6-1)57-59-56(55-46-32-16-20-36-52(46)63(58(55)60-57,41-25-9-3-10-26-41)42-27-11-4-12-28-42)45-31-15-19-35-49(45)62-48-34-18-14-30-44(48)54-51(62)38-37-50-53(54)43-29-13-17-33-47(43)61(50)40-23-7-2-8-24-40/h1-38H. The van der Waals surface area contributed by atoms with Crippen LogP contribution in [-0.4, -0.2) is 27.2 Å². The quantitative estimate of drug-likeness (QED) is 0.157. The predicted molar refractivity (Wildman–Crippen MR) is 264 cm³/mol. The minimum absolute atomic E-state index is 0.730. The maximum absolute atomic E-state index is 5.75. The first-order chi connectivity index (χ1) is 31.3. The van der Waals surface area contributed by atoms with Gasteiger partial charge in [0.15, 0.2) is 5.82 Å². The van der Waals surface area contributed by atoms with E-state index >= 15 is 0 Å². The Balaban J connectivity index is 1.16. The molecule has 63 heavy (non-hydrogen) atoms. The van der Waals surface area contributed by atoms with Gasteiger partial charge in [0.1, 0.15) is 0 Å². The Morgan fingerprint density at radius 2 is 0.857 bits per heavy atom. The monoisotopic (exact) mass is 818 g/mol. The van der Waals surface area contributed by atoms with Crippen molar-refractivity contribution in [2.24, 2.45) is 0 Å². The van der Waals surface area contributed by atoms with Gasteiger partial charge in [-0.05, 0) is 63.6 Å². The number of nitrogens with zero attached hydrogens (tertiary/aromatic N) is 4. The lowest BCUT2D eigenvalue weighted by Gasteiger charge is -2.30. The Labute approximate surface area is 365 Å². The third-order valence-electron chi connectivity index (χ3n) is 13.2. The lowest BCUT2D eigenvalue weighted by Crippen LogP contribution is -2.73. The van der Waals surface area contributed by atoms with Crippen LogP contribution in [-0.2, 0) is 0 Å². The molecule has 1 aliphatic rings. The third-order valence-corrected chi connectivity index (χ3v) is 17.9. The summed E-state index contributed by atoms with van der Waals surface area (Å²) in [5.74, 6) is 0.730. The molecule has 294 valence electrons. The average Bonchev–Trinajstić information content (AvgIpc) is 3.99. The number of hydrogen-bond acceptors (Lipinski definition) is 2. The Bertz CT molecular complexity index is 3690. The molecule has 4 nitrogen and oxygen atoms in total. The Hall–Kier alpha value is -8.12. The minimum Gasteiger partial charge on any atom is -0.309 e. The molecule has 0 bridgehead atoms. The van der Waals surface area contributed by atoms with Crippen molar-refractivity contribution in [3.05, 3.63) is 231 Å². The van der Waals surface area contributed by atoms with E-state index in [1.54, 1.807) is 0 Å². The highest BCUT2D eigenvalue weighted by atomic mass is 28.3. The second-order valence-corrected chi connectivity index (χ2v) is 20.1. The molecule has 0 aliphatic carbocycles. The summed E-state index contributed by atoms with van der Waals surface area (Å²) in [5, 5.41) is 10.0. The van der Waals surface area contributed by atoms with Crippen LogP contribution < -0.4 is 20.9 Å². The van der Waals surface area contributed by atoms with Gasteiger partial charge in [-0.1, -0.05) is 188 Å². The van der Waals surface area contributed by atoms with E-state index in [1.165, 1.54) is 53.7 Å². The van der Waals surface area contributed by atoms with E-state index in [0.717, 1.165) is 55.9 Å². The number of rotatable bonds is 6. The first kappa shape index (κ1) is 35.6. The van der Waals surface area contributed by atoms with Gasteiger partial charge in [-0.3, -0.25) is 0 Å².